The molecule has 4 nitrogen and oxygen atoms in total. The van der Waals surface area contributed by atoms with E-state index in [9.17, 15) is 4.79 Å². The average Bonchev–Trinajstić information content (AvgIpc) is 2.46. The lowest BCUT2D eigenvalue weighted by Crippen LogP contribution is -2.10. The van der Waals surface area contributed by atoms with Crippen LogP contribution in [0.4, 0.5) is 5.69 Å². The van der Waals surface area contributed by atoms with Crippen molar-refractivity contribution in [3.05, 3.63) is 48.3 Å². The summed E-state index contributed by atoms with van der Waals surface area (Å²) in [5.74, 6) is -0.844. The molecule has 0 bridgehead atoms. The predicted molar refractivity (Wildman–Crippen MR) is 84.7 cm³/mol. The van der Waals surface area contributed by atoms with Gasteiger partial charge in [0.25, 0.3) is 0 Å². The van der Waals surface area contributed by atoms with Crippen molar-refractivity contribution in [2.45, 2.75) is 19.3 Å². The van der Waals surface area contributed by atoms with Crippen LogP contribution >= 0.6 is 0 Å². The van der Waals surface area contributed by atoms with E-state index in [0.29, 0.717) is 0 Å². The van der Waals surface area contributed by atoms with Gasteiger partial charge in [0.1, 0.15) is 0 Å². The SMILES string of the molecule is CC(CC(=O)O)c1cncc(-c2ccccc2N(C)C)c1. The molecule has 1 N–H and O–H groups in total. The van der Waals surface area contributed by atoms with E-state index in [1.54, 1.807) is 6.20 Å². The van der Waals surface area contributed by atoms with Gasteiger partial charge < -0.3 is 10.0 Å². The van der Waals surface area contributed by atoms with E-state index < -0.39 is 5.97 Å². The van der Waals surface area contributed by atoms with Crippen molar-refractivity contribution >= 4 is 11.7 Å². The van der Waals surface area contributed by atoms with Gasteiger partial charge in [-0.25, -0.2) is 0 Å². The highest BCUT2D eigenvalue weighted by atomic mass is 16.4. The largest absolute Gasteiger partial charge is 0.481 e. The predicted octanol–water partition coefficient (Wildman–Crippen LogP) is 3.39. The summed E-state index contributed by atoms with van der Waals surface area (Å²) in [6, 6.07) is 10.1. The lowest BCUT2D eigenvalue weighted by atomic mass is 9.96. The van der Waals surface area contributed by atoms with Crippen molar-refractivity contribution in [1.29, 1.82) is 0 Å². The number of para-hydroxylation sites is 1. The first kappa shape index (κ1) is 15.0. The van der Waals surface area contributed by atoms with E-state index in [1.807, 2.05) is 45.4 Å². The summed E-state index contributed by atoms with van der Waals surface area (Å²) in [6.07, 6.45) is 3.68. The van der Waals surface area contributed by atoms with Crippen LogP contribution in [0.1, 0.15) is 24.8 Å². The lowest BCUT2D eigenvalue weighted by Gasteiger charge is -2.18. The molecular formula is C17H20N2O2. The number of benzene rings is 1. The molecule has 2 aromatic rings. The molecule has 1 unspecified atom stereocenters. The Bertz CT molecular complexity index is 638. The Hall–Kier alpha value is -2.36. The number of pyridine rings is 1. The second-order valence-corrected chi connectivity index (χ2v) is 5.42. The normalized spacial score (nSPS) is 12.0. The van der Waals surface area contributed by atoms with Crippen molar-refractivity contribution in [3.8, 4) is 11.1 Å². The van der Waals surface area contributed by atoms with E-state index in [1.165, 1.54) is 0 Å². The van der Waals surface area contributed by atoms with Crippen LogP contribution in [0.5, 0.6) is 0 Å². The van der Waals surface area contributed by atoms with Gasteiger partial charge in [0.15, 0.2) is 0 Å². The van der Waals surface area contributed by atoms with Gasteiger partial charge in [0.05, 0.1) is 6.42 Å². The summed E-state index contributed by atoms with van der Waals surface area (Å²) in [4.78, 5) is 17.2. The Labute approximate surface area is 125 Å². The standard InChI is InChI=1S/C17H20N2O2/c1-12(8-17(20)21)13-9-14(11-18-10-13)15-6-4-5-7-16(15)19(2)3/h4-7,9-12H,8H2,1-3H3,(H,20,21). The minimum Gasteiger partial charge on any atom is -0.481 e. The highest BCUT2D eigenvalue weighted by Gasteiger charge is 2.13. The van der Waals surface area contributed by atoms with Crippen LogP contribution in [0.25, 0.3) is 11.1 Å². The van der Waals surface area contributed by atoms with Gasteiger partial charge in [-0.05, 0) is 23.6 Å². The van der Waals surface area contributed by atoms with Gasteiger partial charge in [0.2, 0.25) is 0 Å². The highest BCUT2D eigenvalue weighted by molar-refractivity contribution is 5.78. The van der Waals surface area contributed by atoms with E-state index in [4.69, 9.17) is 5.11 Å². The topological polar surface area (TPSA) is 53.4 Å². The molecule has 1 heterocycles. The van der Waals surface area contributed by atoms with Crippen LogP contribution in [0.15, 0.2) is 42.7 Å². The van der Waals surface area contributed by atoms with Gasteiger partial charge in [0, 0.05) is 43.3 Å². The van der Waals surface area contributed by atoms with Crippen molar-refractivity contribution in [2.24, 2.45) is 0 Å². The smallest absolute Gasteiger partial charge is 0.303 e. The van der Waals surface area contributed by atoms with Crippen LogP contribution in [0, 0.1) is 0 Å². The number of aromatic nitrogens is 1. The molecule has 1 atom stereocenters. The molecular weight excluding hydrogens is 264 g/mol. The van der Waals surface area contributed by atoms with E-state index in [-0.39, 0.29) is 12.3 Å². The second kappa shape index (κ2) is 6.39. The van der Waals surface area contributed by atoms with E-state index in [2.05, 4.69) is 22.0 Å². The third-order valence-electron chi connectivity index (χ3n) is 3.51. The molecule has 4 heteroatoms. The van der Waals surface area contributed by atoms with Gasteiger partial charge in [-0.1, -0.05) is 25.1 Å². The van der Waals surface area contributed by atoms with Crippen LogP contribution in [0.2, 0.25) is 0 Å². The fourth-order valence-electron chi connectivity index (χ4n) is 2.36. The molecule has 1 aromatic carbocycles. The molecule has 2 rings (SSSR count). The number of hydrogen-bond acceptors (Lipinski definition) is 3. The number of nitrogens with zero attached hydrogens (tertiary/aromatic N) is 2. The molecule has 0 amide bonds. The van der Waals surface area contributed by atoms with Crippen molar-refractivity contribution in [1.82, 2.24) is 4.98 Å². The summed E-state index contributed by atoms with van der Waals surface area (Å²) in [7, 11) is 4.01. The molecule has 0 aliphatic rings. The Morgan fingerprint density at radius 3 is 2.67 bits per heavy atom. The van der Waals surface area contributed by atoms with E-state index >= 15 is 0 Å². The summed E-state index contributed by atoms with van der Waals surface area (Å²) in [5.41, 5.74) is 4.17. The third-order valence-corrected chi connectivity index (χ3v) is 3.51. The van der Waals surface area contributed by atoms with Gasteiger partial charge in [-0.15, -0.1) is 0 Å². The van der Waals surface area contributed by atoms with Gasteiger partial charge in [-0.2, -0.15) is 0 Å². The average molecular weight is 284 g/mol. The molecule has 0 saturated carbocycles. The minimum atomic E-state index is -0.790. The molecule has 0 saturated heterocycles. The first-order chi connectivity index (χ1) is 9.99. The second-order valence-electron chi connectivity index (χ2n) is 5.42. The Morgan fingerprint density at radius 2 is 2.00 bits per heavy atom. The number of rotatable bonds is 5. The molecule has 0 radical (unpaired) electrons. The number of carbonyl (C=O) groups is 1. The zero-order valence-corrected chi connectivity index (χ0v) is 12.6. The molecule has 0 fully saturated rings. The quantitative estimate of drug-likeness (QED) is 0.914. The molecule has 0 aliphatic heterocycles. The number of aliphatic carboxylic acids is 1. The molecule has 0 spiro atoms. The van der Waals surface area contributed by atoms with Gasteiger partial charge in [-0.3, -0.25) is 9.78 Å². The maximum absolute atomic E-state index is 10.9. The third kappa shape index (κ3) is 3.60. The summed E-state index contributed by atoms with van der Waals surface area (Å²) in [6.45, 7) is 1.91. The number of carboxylic acids is 1. The molecule has 0 aliphatic carbocycles. The molecule has 110 valence electrons. The Kier molecular flexibility index (Phi) is 4.58. The lowest BCUT2D eigenvalue weighted by molar-refractivity contribution is -0.137. The number of hydrogen-bond donors (Lipinski definition) is 1. The number of carboxylic acid groups (broad SMARTS) is 1. The monoisotopic (exact) mass is 284 g/mol. The first-order valence-corrected chi connectivity index (χ1v) is 6.92. The first-order valence-electron chi connectivity index (χ1n) is 6.92. The van der Waals surface area contributed by atoms with Crippen molar-refractivity contribution in [2.75, 3.05) is 19.0 Å². The maximum atomic E-state index is 10.9. The van der Waals surface area contributed by atoms with Crippen LogP contribution in [0.3, 0.4) is 0 Å². The van der Waals surface area contributed by atoms with Crippen LogP contribution in [-0.4, -0.2) is 30.2 Å². The van der Waals surface area contributed by atoms with Crippen LogP contribution in [-0.2, 0) is 4.79 Å². The zero-order valence-electron chi connectivity index (χ0n) is 12.6. The van der Waals surface area contributed by atoms with Gasteiger partial charge >= 0.3 is 5.97 Å². The minimum absolute atomic E-state index is 0.0542. The van der Waals surface area contributed by atoms with E-state index in [0.717, 1.165) is 22.4 Å². The summed E-state index contributed by atoms with van der Waals surface area (Å²) >= 11 is 0. The Morgan fingerprint density at radius 1 is 1.29 bits per heavy atom. The summed E-state index contributed by atoms with van der Waals surface area (Å²) in [5, 5.41) is 8.92. The zero-order chi connectivity index (χ0) is 15.4. The van der Waals surface area contributed by atoms with Crippen molar-refractivity contribution < 1.29 is 9.90 Å². The fourth-order valence-corrected chi connectivity index (χ4v) is 2.36. The molecule has 21 heavy (non-hydrogen) atoms. The maximum Gasteiger partial charge on any atom is 0.303 e. The fraction of sp³-hybridized carbons (Fsp3) is 0.294. The highest BCUT2D eigenvalue weighted by Crippen LogP contribution is 2.31. The summed E-state index contributed by atoms with van der Waals surface area (Å²) < 4.78 is 0. The number of anilines is 1. The van der Waals surface area contributed by atoms with Crippen LogP contribution < -0.4 is 4.90 Å². The van der Waals surface area contributed by atoms with Crippen molar-refractivity contribution in [3.63, 3.8) is 0 Å². The molecule has 1 aromatic heterocycles. The Balaban J connectivity index is 2.40.